The summed E-state index contributed by atoms with van der Waals surface area (Å²) < 4.78 is 1.71. The summed E-state index contributed by atoms with van der Waals surface area (Å²) in [5, 5.41) is 3.51. The van der Waals surface area contributed by atoms with Crippen molar-refractivity contribution in [1.82, 2.24) is 14.9 Å². The number of hydrogen-bond donors (Lipinski definition) is 1. The molecule has 3 aromatic rings. The van der Waals surface area contributed by atoms with Gasteiger partial charge in [-0.1, -0.05) is 48.2 Å². The zero-order chi connectivity index (χ0) is 19.5. The fourth-order valence-electron chi connectivity index (χ4n) is 3.85. The first-order valence-corrected chi connectivity index (χ1v) is 10.7. The molecular weight excluding hydrogens is 370 g/mol. The van der Waals surface area contributed by atoms with Crippen LogP contribution >= 0.6 is 11.8 Å². The molecule has 28 heavy (non-hydrogen) atoms. The molecule has 1 N–H and O–H groups in total. The topological polar surface area (TPSA) is 64.0 Å². The largest absolute Gasteiger partial charge is 0.349 e. The number of carbonyl (C=O) groups is 1. The summed E-state index contributed by atoms with van der Waals surface area (Å²) >= 11 is 1.21. The van der Waals surface area contributed by atoms with E-state index in [2.05, 4.69) is 22.4 Å². The van der Waals surface area contributed by atoms with Gasteiger partial charge in [-0.2, -0.15) is 0 Å². The summed E-state index contributed by atoms with van der Waals surface area (Å²) in [5.41, 5.74) is 3.98. The molecule has 0 unspecified atom stereocenters. The van der Waals surface area contributed by atoms with Crippen LogP contribution in [0.2, 0.25) is 0 Å². The van der Waals surface area contributed by atoms with Gasteiger partial charge in [-0.15, -0.1) is 0 Å². The lowest BCUT2D eigenvalue weighted by atomic mass is 9.88. The Morgan fingerprint density at radius 1 is 1.21 bits per heavy atom. The molecule has 0 radical (unpaired) electrons. The zero-order valence-corrected chi connectivity index (χ0v) is 16.7. The number of thioether (sulfide) groups is 1. The molecule has 6 heteroatoms. The average molecular weight is 394 g/mol. The van der Waals surface area contributed by atoms with E-state index in [-0.39, 0.29) is 23.3 Å². The van der Waals surface area contributed by atoms with Crippen molar-refractivity contribution in [2.45, 2.75) is 43.8 Å². The fourth-order valence-corrected chi connectivity index (χ4v) is 4.60. The van der Waals surface area contributed by atoms with Gasteiger partial charge in [-0.3, -0.25) is 9.59 Å². The molecular formula is C22H23N3O2S. The second-order valence-corrected chi connectivity index (χ2v) is 7.92. The fraction of sp³-hybridized carbons (Fsp3) is 0.318. The first-order valence-electron chi connectivity index (χ1n) is 9.67. The third-order valence-corrected chi connectivity index (χ3v) is 6.13. The number of aromatic nitrogens is 2. The van der Waals surface area contributed by atoms with Gasteiger partial charge in [0, 0.05) is 6.54 Å². The molecule has 0 aliphatic heterocycles. The maximum Gasteiger partial charge on any atom is 0.283 e. The number of aryl methyl sites for hydroxylation is 2. The Bertz CT molecular complexity index is 1080. The van der Waals surface area contributed by atoms with E-state index in [9.17, 15) is 9.59 Å². The van der Waals surface area contributed by atoms with E-state index in [0.29, 0.717) is 11.6 Å². The van der Waals surface area contributed by atoms with Crippen LogP contribution in [-0.2, 0) is 17.8 Å². The average Bonchev–Trinajstić information content (AvgIpc) is 2.72. The Hall–Kier alpha value is -2.60. The predicted octanol–water partition coefficient (Wildman–Crippen LogP) is 3.70. The lowest BCUT2D eigenvalue weighted by Crippen LogP contribution is -2.32. The maximum atomic E-state index is 12.7. The van der Waals surface area contributed by atoms with Crippen molar-refractivity contribution >= 4 is 28.7 Å². The summed E-state index contributed by atoms with van der Waals surface area (Å²) in [6.07, 6.45) is 3.09. The first kappa shape index (κ1) is 18.7. The molecule has 0 bridgehead atoms. The van der Waals surface area contributed by atoms with Crippen molar-refractivity contribution in [2.24, 2.45) is 0 Å². The van der Waals surface area contributed by atoms with Crippen LogP contribution in [-0.4, -0.2) is 21.2 Å². The molecule has 5 nitrogen and oxygen atoms in total. The molecule has 0 saturated carbocycles. The van der Waals surface area contributed by atoms with Gasteiger partial charge < -0.3 is 9.88 Å². The van der Waals surface area contributed by atoms with E-state index >= 15 is 0 Å². The van der Waals surface area contributed by atoms with E-state index < -0.39 is 0 Å². The molecule has 2 aromatic carbocycles. The molecule has 1 amide bonds. The molecule has 1 aliphatic rings. The molecule has 0 fully saturated rings. The molecule has 144 valence electrons. The second-order valence-electron chi connectivity index (χ2n) is 6.95. The van der Waals surface area contributed by atoms with Gasteiger partial charge >= 0.3 is 0 Å². The number of benzene rings is 2. The van der Waals surface area contributed by atoms with Crippen LogP contribution in [0, 0.1) is 0 Å². The Balaban J connectivity index is 1.49. The molecule has 1 atom stereocenters. The van der Waals surface area contributed by atoms with Crippen LogP contribution < -0.4 is 10.9 Å². The number of fused-ring (bicyclic) bond motifs is 2. The van der Waals surface area contributed by atoms with Crippen molar-refractivity contribution < 1.29 is 4.79 Å². The highest BCUT2D eigenvalue weighted by Crippen LogP contribution is 2.29. The van der Waals surface area contributed by atoms with Gasteiger partial charge in [0.25, 0.3) is 5.56 Å². The number of rotatable bonds is 5. The summed E-state index contributed by atoms with van der Waals surface area (Å²) in [7, 11) is 0. The second kappa shape index (κ2) is 8.19. The van der Waals surface area contributed by atoms with E-state index in [0.717, 1.165) is 30.3 Å². The number of hydrogen-bond acceptors (Lipinski definition) is 4. The van der Waals surface area contributed by atoms with E-state index in [1.165, 1.54) is 22.9 Å². The molecule has 1 heterocycles. The van der Waals surface area contributed by atoms with Gasteiger partial charge in [0.2, 0.25) is 5.91 Å². The molecule has 1 aromatic heterocycles. The number of carbonyl (C=O) groups excluding carboxylic acids is 1. The standard InChI is InChI=1S/C22H23N3O2S/c1-2-25-19-13-6-5-11-18(19)24-21(22(25)27)28-14-20(26)23-17-12-7-9-15-8-3-4-10-16(15)17/h3-6,8,10-11,13,17H,2,7,9,12,14H2,1H3,(H,23,26)/t17-/m1/s1. The molecule has 0 saturated heterocycles. The first-order chi connectivity index (χ1) is 13.7. The van der Waals surface area contributed by atoms with E-state index in [1.54, 1.807) is 4.57 Å². The summed E-state index contributed by atoms with van der Waals surface area (Å²) in [5.74, 6) is 0.118. The van der Waals surface area contributed by atoms with Crippen molar-refractivity contribution in [3.8, 4) is 0 Å². The number of amides is 1. The Morgan fingerprint density at radius 2 is 2.00 bits per heavy atom. The van der Waals surface area contributed by atoms with Crippen molar-refractivity contribution in [3.63, 3.8) is 0 Å². The molecule has 4 rings (SSSR count). The van der Waals surface area contributed by atoms with Gasteiger partial charge in [0.05, 0.1) is 22.8 Å². The van der Waals surface area contributed by atoms with Crippen LogP contribution in [0.5, 0.6) is 0 Å². The predicted molar refractivity (Wildman–Crippen MR) is 113 cm³/mol. The van der Waals surface area contributed by atoms with Crippen LogP contribution in [0.1, 0.15) is 36.9 Å². The summed E-state index contributed by atoms with van der Waals surface area (Å²) in [4.78, 5) is 29.8. The molecule has 0 spiro atoms. The zero-order valence-electron chi connectivity index (χ0n) is 15.9. The number of nitrogens with zero attached hydrogens (tertiary/aromatic N) is 2. The highest BCUT2D eigenvalue weighted by molar-refractivity contribution is 7.99. The van der Waals surface area contributed by atoms with Crippen LogP contribution in [0.4, 0.5) is 0 Å². The highest BCUT2D eigenvalue weighted by Gasteiger charge is 2.21. The highest BCUT2D eigenvalue weighted by atomic mass is 32.2. The maximum absolute atomic E-state index is 12.7. The summed E-state index contributed by atoms with van der Waals surface area (Å²) in [6.45, 7) is 2.51. The third kappa shape index (κ3) is 3.69. The van der Waals surface area contributed by atoms with Gasteiger partial charge in [0.1, 0.15) is 0 Å². The van der Waals surface area contributed by atoms with Crippen LogP contribution in [0.25, 0.3) is 11.0 Å². The normalized spacial score (nSPS) is 16.0. The quantitative estimate of drug-likeness (QED) is 0.672. The van der Waals surface area contributed by atoms with Crippen molar-refractivity contribution in [2.75, 3.05) is 5.75 Å². The lowest BCUT2D eigenvalue weighted by molar-refractivity contribution is -0.119. The monoisotopic (exact) mass is 393 g/mol. The number of nitrogens with one attached hydrogen (secondary N) is 1. The van der Waals surface area contributed by atoms with Crippen molar-refractivity contribution in [3.05, 3.63) is 70.0 Å². The summed E-state index contributed by atoms with van der Waals surface area (Å²) in [6, 6.07) is 15.9. The Morgan fingerprint density at radius 3 is 2.86 bits per heavy atom. The van der Waals surface area contributed by atoms with Gasteiger partial charge in [-0.25, -0.2) is 4.98 Å². The Labute approximate surface area is 168 Å². The van der Waals surface area contributed by atoms with Gasteiger partial charge in [0.15, 0.2) is 5.03 Å². The third-order valence-electron chi connectivity index (χ3n) is 5.18. The smallest absolute Gasteiger partial charge is 0.283 e. The van der Waals surface area contributed by atoms with Crippen molar-refractivity contribution in [1.29, 1.82) is 0 Å². The van der Waals surface area contributed by atoms with E-state index in [1.807, 2.05) is 43.3 Å². The minimum absolute atomic E-state index is 0.0508. The van der Waals surface area contributed by atoms with Crippen LogP contribution in [0.3, 0.4) is 0 Å². The number of para-hydroxylation sites is 2. The lowest BCUT2D eigenvalue weighted by Gasteiger charge is -2.26. The van der Waals surface area contributed by atoms with Crippen LogP contribution in [0.15, 0.2) is 58.4 Å². The SMILES string of the molecule is CCn1c(=O)c(SCC(=O)N[C@@H]2CCCc3ccccc32)nc2ccccc21. The minimum Gasteiger partial charge on any atom is -0.349 e. The van der Waals surface area contributed by atoms with E-state index in [4.69, 9.17) is 0 Å². The minimum atomic E-state index is -0.137. The van der Waals surface area contributed by atoms with Gasteiger partial charge in [-0.05, 0) is 49.4 Å². The Kier molecular flexibility index (Phi) is 5.48. The molecule has 1 aliphatic carbocycles.